The van der Waals surface area contributed by atoms with Crippen molar-refractivity contribution in [3.8, 4) is 11.5 Å². The zero-order chi connectivity index (χ0) is 22.1. The molecule has 170 valence electrons. The predicted octanol–water partition coefficient (Wildman–Crippen LogP) is 3.76. The Hall–Kier alpha value is -2.70. The Labute approximate surface area is 195 Å². The van der Waals surface area contributed by atoms with Crippen molar-refractivity contribution in [1.29, 1.82) is 0 Å². The van der Waals surface area contributed by atoms with E-state index in [4.69, 9.17) is 9.47 Å². The van der Waals surface area contributed by atoms with Crippen LogP contribution in [0.4, 0.5) is 18.9 Å². The summed E-state index contributed by atoms with van der Waals surface area (Å²) in [6.45, 7) is 0.589. The number of guanidine groups is 1. The van der Waals surface area contributed by atoms with E-state index in [0.717, 1.165) is 30.0 Å². The molecule has 0 aromatic heterocycles. The minimum Gasteiger partial charge on any atom is -0.493 e. The summed E-state index contributed by atoms with van der Waals surface area (Å²) in [7, 11) is 4.68. The van der Waals surface area contributed by atoms with E-state index in [-0.39, 0.29) is 36.1 Å². The number of hydrogen-bond acceptors (Lipinski definition) is 4. The van der Waals surface area contributed by atoms with Crippen molar-refractivity contribution in [2.24, 2.45) is 4.99 Å². The quantitative estimate of drug-likeness (QED) is 0.211. The number of amides is 1. The van der Waals surface area contributed by atoms with Crippen molar-refractivity contribution < 1.29 is 27.4 Å². The Bertz CT molecular complexity index is 890. The molecule has 0 aliphatic carbocycles. The normalized spacial score (nSPS) is 11.2. The number of ether oxygens (including phenoxy) is 2. The van der Waals surface area contributed by atoms with E-state index in [1.54, 1.807) is 32.4 Å². The van der Waals surface area contributed by atoms with Crippen LogP contribution in [-0.2, 0) is 6.18 Å². The van der Waals surface area contributed by atoms with E-state index in [2.05, 4.69) is 20.9 Å². The highest BCUT2D eigenvalue weighted by Crippen LogP contribution is 2.30. The monoisotopic (exact) mass is 552 g/mol. The SMILES string of the molecule is CN=C(NCCNC(=O)c1ccc(C(F)(F)F)cc1)Nc1ccc(OC)c(OC)c1.I. The number of methoxy groups -OCH3 is 2. The Balaban J connectivity index is 0.00000480. The second kappa shape index (κ2) is 12.2. The molecule has 1 amide bonds. The minimum atomic E-state index is -4.43. The summed E-state index contributed by atoms with van der Waals surface area (Å²) in [6, 6.07) is 9.33. The number of alkyl halides is 3. The van der Waals surface area contributed by atoms with Gasteiger partial charge in [-0.2, -0.15) is 13.2 Å². The molecule has 7 nitrogen and oxygen atoms in total. The highest BCUT2D eigenvalue weighted by atomic mass is 127. The summed E-state index contributed by atoms with van der Waals surface area (Å²) in [5.41, 5.74) is 0.0659. The van der Waals surface area contributed by atoms with Crippen LogP contribution in [0, 0.1) is 0 Å². The van der Waals surface area contributed by atoms with Crippen LogP contribution in [0.2, 0.25) is 0 Å². The smallest absolute Gasteiger partial charge is 0.416 e. The number of halogens is 4. The van der Waals surface area contributed by atoms with Gasteiger partial charge in [0.05, 0.1) is 19.8 Å². The van der Waals surface area contributed by atoms with Gasteiger partial charge in [-0.15, -0.1) is 24.0 Å². The Morgan fingerprint density at radius 2 is 1.58 bits per heavy atom. The van der Waals surface area contributed by atoms with Gasteiger partial charge in [0.15, 0.2) is 17.5 Å². The fourth-order valence-electron chi connectivity index (χ4n) is 2.50. The summed E-state index contributed by atoms with van der Waals surface area (Å²) in [6.07, 6.45) is -4.43. The molecule has 0 atom stereocenters. The first-order chi connectivity index (χ1) is 14.3. The second-order valence-electron chi connectivity index (χ2n) is 6.02. The third kappa shape index (κ3) is 7.81. The van der Waals surface area contributed by atoms with Crippen molar-refractivity contribution in [3.05, 3.63) is 53.6 Å². The number of hydrogen-bond donors (Lipinski definition) is 3. The molecule has 2 aromatic carbocycles. The molecule has 2 rings (SSSR count). The molecule has 0 saturated heterocycles. The van der Waals surface area contributed by atoms with Crippen LogP contribution in [0.15, 0.2) is 47.5 Å². The first-order valence-corrected chi connectivity index (χ1v) is 8.93. The summed E-state index contributed by atoms with van der Waals surface area (Å²) >= 11 is 0. The number of aliphatic imine (C=N–C) groups is 1. The van der Waals surface area contributed by atoms with Gasteiger partial charge in [-0.05, 0) is 36.4 Å². The molecule has 0 aliphatic heterocycles. The summed E-state index contributed by atoms with van der Waals surface area (Å²) in [5.74, 6) is 1.15. The maximum absolute atomic E-state index is 12.6. The fourth-order valence-corrected chi connectivity index (χ4v) is 2.50. The lowest BCUT2D eigenvalue weighted by Crippen LogP contribution is -2.37. The zero-order valence-corrected chi connectivity index (χ0v) is 19.5. The average molecular weight is 552 g/mol. The summed E-state index contributed by atoms with van der Waals surface area (Å²) in [4.78, 5) is 16.1. The average Bonchev–Trinajstić information content (AvgIpc) is 2.74. The number of carbonyl (C=O) groups excluding carboxylic acids is 1. The van der Waals surface area contributed by atoms with Gasteiger partial charge < -0.3 is 25.4 Å². The molecule has 0 bridgehead atoms. The first-order valence-electron chi connectivity index (χ1n) is 8.93. The van der Waals surface area contributed by atoms with E-state index in [0.29, 0.717) is 24.0 Å². The Morgan fingerprint density at radius 3 is 2.13 bits per heavy atom. The van der Waals surface area contributed by atoms with Crippen LogP contribution >= 0.6 is 24.0 Å². The van der Waals surface area contributed by atoms with E-state index >= 15 is 0 Å². The Kier molecular flexibility index (Phi) is 10.4. The van der Waals surface area contributed by atoms with Gasteiger partial charge >= 0.3 is 6.18 Å². The molecular weight excluding hydrogens is 528 g/mol. The Morgan fingerprint density at radius 1 is 0.968 bits per heavy atom. The first kappa shape index (κ1) is 26.3. The third-order valence-corrected chi connectivity index (χ3v) is 4.05. The van der Waals surface area contributed by atoms with Crippen LogP contribution in [0.5, 0.6) is 11.5 Å². The molecule has 3 N–H and O–H groups in total. The maximum Gasteiger partial charge on any atom is 0.416 e. The van der Waals surface area contributed by atoms with Crippen LogP contribution < -0.4 is 25.4 Å². The molecule has 0 unspecified atom stereocenters. The molecule has 2 aromatic rings. The molecule has 0 aliphatic rings. The fraction of sp³-hybridized carbons (Fsp3) is 0.300. The second-order valence-corrected chi connectivity index (χ2v) is 6.02. The maximum atomic E-state index is 12.6. The largest absolute Gasteiger partial charge is 0.493 e. The van der Waals surface area contributed by atoms with Crippen molar-refractivity contribution in [2.75, 3.05) is 39.7 Å². The summed E-state index contributed by atoms with van der Waals surface area (Å²) < 4.78 is 48.2. The van der Waals surface area contributed by atoms with Gasteiger partial charge in [-0.25, -0.2) is 0 Å². The van der Waals surface area contributed by atoms with Crippen LogP contribution in [0.1, 0.15) is 15.9 Å². The number of anilines is 1. The third-order valence-electron chi connectivity index (χ3n) is 4.05. The molecule has 11 heteroatoms. The van der Waals surface area contributed by atoms with Crippen molar-refractivity contribution in [3.63, 3.8) is 0 Å². The van der Waals surface area contributed by atoms with Gasteiger partial charge in [-0.3, -0.25) is 9.79 Å². The number of rotatable bonds is 7. The molecule has 0 fully saturated rings. The minimum absolute atomic E-state index is 0. The number of nitrogens with one attached hydrogen (secondary N) is 3. The highest BCUT2D eigenvalue weighted by Gasteiger charge is 2.30. The topological polar surface area (TPSA) is 84.0 Å². The molecule has 0 radical (unpaired) electrons. The number of carbonyl (C=O) groups is 1. The van der Waals surface area contributed by atoms with Crippen LogP contribution in [0.3, 0.4) is 0 Å². The van der Waals surface area contributed by atoms with Crippen LogP contribution in [-0.4, -0.2) is 46.2 Å². The number of nitrogens with zero attached hydrogens (tertiary/aromatic N) is 1. The van der Waals surface area contributed by atoms with Crippen molar-refractivity contribution in [1.82, 2.24) is 10.6 Å². The van der Waals surface area contributed by atoms with Gasteiger partial charge in [0.25, 0.3) is 5.91 Å². The van der Waals surface area contributed by atoms with Crippen molar-refractivity contribution >= 4 is 41.5 Å². The van der Waals surface area contributed by atoms with E-state index in [1.807, 2.05) is 0 Å². The van der Waals surface area contributed by atoms with Gasteiger partial charge in [-0.1, -0.05) is 0 Å². The molecular formula is C20H24F3IN4O3. The lowest BCUT2D eigenvalue weighted by molar-refractivity contribution is -0.137. The standard InChI is InChI=1S/C20H23F3N4O3.HI/c1-24-19(27-15-8-9-16(29-2)17(12-15)30-3)26-11-10-25-18(28)13-4-6-14(7-5-13)20(21,22)23;/h4-9,12H,10-11H2,1-3H3,(H,25,28)(H2,24,26,27);1H. The van der Waals surface area contributed by atoms with E-state index in [1.165, 1.54) is 7.11 Å². The lowest BCUT2D eigenvalue weighted by Gasteiger charge is -2.14. The van der Waals surface area contributed by atoms with Crippen LogP contribution in [0.25, 0.3) is 0 Å². The summed E-state index contributed by atoms with van der Waals surface area (Å²) in [5, 5.41) is 8.73. The van der Waals surface area contributed by atoms with E-state index < -0.39 is 17.6 Å². The highest BCUT2D eigenvalue weighted by molar-refractivity contribution is 14.0. The lowest BCUT2D eigenvalue weighted by atomic mass is 10.1. The molecule has 31 heavy (non-hydrogen) atoms. The number of benzene rings is 2. The molecule has 0 spiro atoms. The predicted molar refractivity (Wildman–Crippen MR) is 124 cm³/mol. The van der Waals surface area contributed by atoms with Gasteiger partial charge in [0.2, 0.25) is 0 Å². The molecule has 0 saturated carbocycles. The van der Waals surface area contributed by atoms with Gasteiger partial charge in [0, 0.05) is 37.5 Å². The molecule has 0 heterocycles. The van der Waals surface area contributed by atoms with Crippen molar-refractivity contribution in [2.45, 2.75) is 6.18 Å². The van der Waals surface area contributed by atoms with Gasteiger partial charge in [0.1, 0.15) is 0 Å². The van der Waals surface area contributed by atoms with E-state index in [9.17, 15) is 18.0 Å². The zero-order valence-electron chi connectivity index (χ0n) is 17.2.